The van der Waals surface area contributed by atoms with Crippen molar-refractivity contribution in [1.82, 2.24) is 14.8 Å². The molecule has 0 aliphatic carbocycles. The van der Waals surface area contributed by atoms with E-state index in [2.05, 4.69) is 10.1 Å². The molecule has 0 saturated heterocycles. The quantitative estimate of drug-likeness (QED) is 0.798. The minimum atomic E-state index is 0.415. The topological polar surface area (TPSA) is 39.9 Å². The largest absolute Gasteiger partial charge is 0.485 e. The molecule has 1 aromatic heterocycles. The van der Waals surface area contributed by atoms with Gasteiger partial charge in [-0.3, -0.25) is 4.68 Å². The fraction of sp³-hybridized carbons (Fsp3) is 0.385. The van der Waals surface area contributed by atoms with Gasteiger partial charge in [0.05, 0.1) is 0 Å². The van der Waals surface area contributed by atoms with Crippen LogP contribution in [0.2, 0.25) is 0 Å². The van der Waals surface area contributed by atoms with Crippen LogP contribution in [0.1, 0.15) is 22.5 Å². The predicted molar refractivity (Wildman–Crippen MR) is 70.8 cm³/mol. The lowest BCUT2D eigenvalue weighted by atomic mass is 10.1. The maximum absolute atomic E-state index is 5.84. The number of benzene rings is 1. The number of hydrogen-bond acceptors (Lipinski definition) is 3. The lowest BCUT2D eigenvalue weighted by molar-refractivity contribution is 0.286. The number of nitrogens with zero attached hydrogens (tertiary/aromatic N) is 3. The second-order valence-corrected chi connectivity index (χ2v) is 4.55. The van der Waals surface area contributed by atoms with Crippen LogP contribution in [0, 0.1) is 13.8 Å². The molecule has 5 heteroatoms. The Balaban J connectivity index is 2.17. The third-order valence-electron chi connectivity index (χ3n) is 2.83. The first kappa shape index (κ1) is 12.9. The van der Waals surface area contributed by atoms with Crippen molar-refractivity contribution in [1.29, 1.82) is 0 Å². The van der Waals surface area contributed by atoms with Crippen molar-refractivity contribution in [3.63, 3.8) is 0 Å². The fourth-order valence-corrected chi connectivity index (χ4v) is 2.09. The molecule has 0 aliphatic rings. The first-order chi connectivity index (χ1) is 8.61. The van der Waals surface area contributed by atoms with Gasteiger partial charge in [0.25, 0.3) is 0 Å². The lowest BCUT2D eigenvalue weighted by Crippen LogP contribution is -2.06. The molecule has 0 saturated carbocycles. The second-order valence-electron chi connectivity index (χ2n) is 4.28. The van der Waals surface area contributed by atoms with Gasteiger partial charge >= 0.3 is 0 Å². The number of rotatable bonds is 4. The highest BCUT2D eigenvalue weighted by atomic mass is 35.5. The maximum atomic E-state index is 5.84. The van der Waals surface area contributed by atoms with Crippen LogP contribution < -0.4 is 4.74 Å². The average molecular weight is 266 g/mol. The van der Waals surface area contributed by atoms with E-state index in [0.717, 1.165) is 28.3 Å². The molecule has 96 valence electrons. The van der Waals surface area contributed by atoms with E-state index in [-0.39, 0.29) is 0 Å². The molecule has 0 bridgehead atoms. The van der Waals surface area contributed by atoms with Gasteiger partial charge < -0.3 is 4.74 Å². The van der Waals surface area contributed by atoms with Gasteiger partial charge in [-0.15, -0.1) is 11.6 Å². The second kappa shape index (κ2) is 5.40. The van der Waals surface area contributed by atoms with Crippen LogP contribution in [0.25, 0.3) is 0 Å². The number of alkyl halides is 1. The molecule has 4 nitrogen and oxygen atoms in total. The van der Waals surface area contributed by atoms with Crippen LogP contribution in [-0.2, 0) is 19.5 Å². The van der Waals surface area contributed by atoms with Crippen LogP contribution in [-0.4, -0.2) is 14.8 Å². The van der Waals surface area contributed by atoms with E-state index >= 15 is 0 Å². The van der Waals surface area contributed by atoms with E-state index < -0.39 is 0 Å². The zero-order valence-electron chi connectivity index (χ0n) is 10.8. The molecular formula is C13H16ClN3O. The molecule has 2 rings (SSSR count). The Bertz CT molecular complexity index is 528. The normalized spacial score (nSPS) is 10.7. The zero-order valence-corrected chi connectivity index (χ0v) is 11.5. The van der Waals surface area contributed by atoms with Gasteiger partial charge in [-0.2, -0.15) is 5.10 Å². The third kappa shape index (κ3) is 2.64. The van der Waals surface area contributed by atoms with Crippen LogP contribution in [0.4, 0.5) is 0 Å². The van der Waals surface area contributed by atoms with Gasteiger partial charge in [-0.25, -0.2) is 4.98 Å². The van der Waals surface area contributed by atoms with Gasteiger partial charge in [0.15, 0.2) is 5.82 Å². The van der Waals surface area contributed by atoms with E-state index in [9.17, 15) is 0 Å². The van der Waals surface area contributed by atoms with E-state index in [1.54, 1.807) is 4.68 Å². The number of aryl methyl sites for hydroxylation is 3. The monoisotopic (exact) mass is 265 g/mol. The Morgan fingerprint density at radius 1 is 1.28 bits per heavy atom. The molecule has 0 fully saturated rings. The Labute approximate surface area is 112 Å². The summed E-state index contributed by atoms with van der Waals surface area (Å²) in [6, 6.07) is 4.10. The molecule has 0 aliphatic heterocycles. The van der Waals surface area contributed by atoms with E-state index in [1.807, 2.05) is 33.0 Å². The van der Waals surface area contributed by atoms with Gasteiger partial charge in [-0.1, -0.05) is 12.1 Å². The van der Waals surface area contributed by atoms with Crippen molar-refractivity contribution >= 4 is 11.6 Å². The Morgan fingerprint density at radius 3 is 2.44 bits per heavy atom. The predicted octanol–water partition coefficient (Wildman–Crippen LogP) is 2.75. The molecule has 18 heavy (non-hydrogen) atoms. The van der Waals surface area contributed by atoms with Gasteiger partial charge in [0, 0.05) is 12.9 Å². The third-order valence-corrected chi connectivity index (χ3v) is 3.13. The van der Waals surface area contributed by atoms with Crippen molar-refractivity contribution < 1.29 is 4.74 Å². The molecule has 2 aromatic rings. The van der Waals surface area contributed by atoms with Gasteiger partial charge in [-0.05, 0) is 30.5 Å². The Kier molecular flexibility index (Phi) is 3.87. The summed E-state index contributed by atoms with van der Waals surface area (Å²) >= 11 is 5.84. The zero-order chi connectivity index (χ0) is 13.1. The lowest BCUT2D eigenvalue weighted by Gasteiger charge is -2.13. The van der Waals surface area contributed by atoms with Crippen molar-refractivity contribution in [3.8, 4) is 5.75 Å². The molecule has 1 heterocycles. The van der Waals surface area contributed by atoms with E-state index in [4.69, 9.17) is 16.3 Å². The van der Waals surface area contributed by atoms with Crippen LogP contribution in [0.15, 0.2) is 18.5 Å². The molecule has 1 aromatic carbocycles. The summed E-state index contributed by atoms with van der Waals surface area (Å²) in [5.74, 6) is 2.22. The summed E-state index contributed by atoms with van der Waals surface area (Å²) in [7, 11) is 1.85. The standard InChI is InChI=1S/C13H16ClN3O/c1-9-4-11(6-14)5-10(2)13(9)18-7-12-15-8-16-17(12)3/h4-5,8H,6-7H2,1-3H3. The SMILES string of the molecule is Cc1cc(CCl)cc(C)c1OCc1ncnn1C. The van der Waals surface area contributed by atoms with Crippen molar-refractivity contribution in [2.75, 3.05) is 0 Å². The minimum Gasteiger partial charge on any atom is -0.485 e. The molecule has 0 atom stereocenters. The average Bonchev–Trinajstić information content (AvgIpc) is 2.73. The molecular weight excluding hydrogens is 250 g/mol. The molecule has 0 amide bonds. The molecule has 0 spiro atoms. The molecule has 0 unspecified atom stereocenters. The van der Waals surface area contributed by atoms with Crippen LogP contribution in [0.5, 0.6) is 5.75 Å². The van der Waals surface area contributed by atoms with Crippen molar-refractivity contribution in [3.05, 3.63) is 41.0 Å². The maximum Gasteiger partial charge on any atom is 0.164 e. The molecule has 0 N–H and O–H groups in total. The van der Waals surface area contributed by atoms with Crippen molar-refractivity contribution in [2.45, 2.75) is 26.3 Å². The first-order valence-corrected chi connectivity index (χ1v) is 6.27. The van der Waals surface area contributed by atoms with E-state index in [1.165, 1.54) is 6.33 Å². The summed E-state index contributed by atoms with van der Waals surface area (Å²) in [5, 5.41) is 4.01. The highest BCUT2D eigenvalue weighted by Gasteiger charge is 2.08. The number of ether oxygens (including phenoxy) is 1. The number of aromatic nitrogens is 3. The Morgan fingerprint density at radius 2 is 1.94 bits per heavy atom. The minimum absolute atomic E-state index is 0.415. The van der Waals surface area contributed by atoms with Crippen LogP contribution in [0.3, 0.4) is 0 Å². The summed E-state index contributed by atoms with van der Waals surface area (Å²) in [6.07, 6.45) is 1.52. The first-order valence-electron chi connectivity index (χ1n) is 5.73. The highest BCUT2D eigenvalue weighted by Crippen LogP contribution is 2.26. The summed E-state index contributed by atoms with van der Waals surface area (Å²) in [4.78, 5) is 4.13. The van der Waals surface area contributed by atoms with Crippen molar-refractivity contribution in [2.24, 2.45) is 7.05 Å². The summed E-state index contributed by atoms with van der Waals surface area (Å²) in [5.41, 5.74) is 3.29. The van der Waals surface area contributed by atoms with Gasteiger partial charge in [0.2, 0.25) is 0 Å². The number of halogens is 1. The Hall–Kier alpha value is -1.55. The summed E-state index contributed by atoms with van der Waals surface area (Å²) < 4.78 is 7.53. The highest BCUT2D eigenvalue weighted by molar-refractivity contribution is 6.17. The smallest absolute Gasteiger partial charge is 0.164 e. The number of hydrogen-bond donors (Lipinski definition) is 0. The fourth-order valence-electron chi connectivity index (χ4n) is 1.93. The van der Waals surface area contributed by atoms with Gasteiger partial charge in [0.1, 0.15) is 18.7 Å². The van der Waals surface area contributed by atoms with Crippen LogP contribution >= 0.6 is 11.6 Å². The molecule has 0 radical (unpaired) electrons. The van der Waals surface area contributed by atoms with E-state index in [0.29, 0.717) is 12.5 Å². The summed E-state index contributed by atoms with van der Waals surface area (Å²) in [6.45, 7) is 4.46.